The maximum Gasteiger partial charge on any atom is 0.284 e. The molecule has 0 aliphatic rings. The monoisotopic (exact) mass is 389 g/mol. The topological polar surface area (TPSA) is 78.3 Å². The van der Waals surface area contributed by atoms with Gasteiger partial charge in [-0.25, -0.2) is 23.3 Å². The third-order valence-electron chi connectivity index (χ3n) is 4.28. The average molecular weight is 389 g/mol. The molecule has 0 fully saturated rings. The molecule has 0 aromatic carbocycles. The first-order valence-corrected chi connectivity index (χ1v) is 9.18. The number of nitrogens with zero attached hydrogens (tertiary/aromatic N) is 4. The minimum absolute atomic E-state index is 0.0452. The number of hydrogen-bond acceptors (Lipinski definition) is 5. The van der Waals surface area contributed by atoms with E-state index >= 15 is 0 Å². The molecule has 0 saturated heterocycles. The summed E-state index contributed by atoms with van der Waals surface area (Å²) in [6.07, 6.45) is 1.30. The van der Waals surface area contributed by atoms with Crippen molar-refractivity contribution in [3.05, 3.63) is 42.0 Å². The van der Waals surface area contributed by atoms with Crippen LogP contribution < -0.4 is 10.5 Å². The van der Waals surface area contributed by atoms with Crippen LogP contribution >= 0.6 is 0 Å². The Balaban J connectivity index is 1.93. The number of alkyl halides is 2. The van der Waals surface area contributed by atoms with Crippen molar-refractivity contribution in [3.63, 3.8) is 0 Å². The van der Waals surface area contributed by atoms with Crippen LogP contribution in [0.2, 0.25) is 0 Å². The molecule has 0 radical (unpaired) electrons. The molecule has 6 nitrogen and oxygen atoms in total. The zero-order valence-electron chi connectivity index (χ0n) is 16.5. The molecular formula is C20H25F2N5O. The number of halogens is 2. The van der Waals surface area contributed by atoms with Gasteiger partial charge in [-0.1, -0.05) is 13.8 Å². The van der Waals surface area contributed by atoms with Crippen molar-refractivity contribution in [2.45, 2.75) is 46.1 Å². The molecule has 1 unspecified atom stereocenters. The van der Waals surface area contributed by atoms with Crippen molar-refractivity contribution in [2.75, 3.05) is 6.61 Å². The number of rotatable bonds is 7. The Hall–Kier alpha value is -2.61. The molecule has 3 aromatic heterocycles. The van der Waals surface area contributed by atoms with Crippen LogP contribution in [0.5, 0.6) is 5.75 Å². The molecule has 0 bridgehead atoms. The van der Waals surface area contributed by atoms with Crippen molar-refractivity contribution < 1.29 is 13.5 Å². The second-order valence-electron chi connectivity index (χ2n) is 7.82. The summed E-state index contributed by atoms with van der Waals surface area (Å²) in [6.45, 7) is 7.93. The van der Waals surface area contributed by atoms with Gasteiger partial charge in [0.15, 0.2) is 5.65 Å². The first kappa shape index (κ1) is 20.1. The molecule has 28 heavy (non-hydrogen) atoms. The lowest BCUT2D eigenvalue weighted by atomic mass is 9.93. The quantitative estimate of drug-likeness (QED) is 0.656. The van der Waals surface area contributed by atoms with E-state index < -0.39 is 17.7 Å². The maximum atomic E-state index is 13.7. The van der Waals surface area contributed by atoms with E-state index in [1.807, 2.05) is 13.8 Å². The molecule has 3 heterocycles. The number of imidazole rings is 1. The van der Waals surface area contributed by atoms with Crippen molar-refractivity contribution in [3.8, 4) is 17.0 Å². The predicted molar refractivity (Wildman–Crippen MR) is 103 cm³/mol. The summed E-state index contributed by atoms with van der Waals surface area (Å²) in [5, 5.41) is 4.18. The smallest absolute Gasteiger partial charge is 0.284 e. The van der Waals surface area contributed by atoms with E-state index in [9.17, 15) is 8.78 Å². The van der Waals surface area contributed by atoms with Crippen molar-refractivity contribution in [2.24, 2.45) is 11.7 Å². The largest absolute Gasteiger partial charge is 0.490 e. The van der Waals surface area contributed by atoms with Gasteiger partial charge in [0.05, 0.1) is 17.6 Å². The lowest BCUT2D eigenvalue weighted by Gasteiger charge is -2.27. The third-order valence-corrected chi connectivity index (χ3v) is 4.28. The standard InChI is InChI=1S/C20H25F2N5O/c1-12(2)9-20(4,23)11-28-16-6-5-15(26-17(16)18(21)22)14-7-8-24-27-10-13(3)25-19(14)27/h5-8,10,12,18H,9,11,23H2,1-4H3. The lowest BCUT2D eigenvalue weighted by molar-refractivity contribution is 0.134. The van der Waals surface area contributed by atoms with Gasteiger partial charge >= 0.3 is 0 Å². The molecule has 1 atom stereocenters. The molecule has 0 aliphatic carbocycles. The van der Waals surface area contributed by atoms with Crippen LogP contribution in [0.15, 0.2) is 30.6 Å². The van der Waals surface area contributed by atoms with E-state index in [1.165, 1.54) is 6.07 Å². The van der Waals surface area contributed by atoms with E-state index in [-0.39, 0.29) is 12.4 Å². The second-order valence-corrected chi connectivity index (χ2v) is 7.82. The zero-order valence-corrected chi connectivity index (χ0v) is 16.5. The van der Waals surface area contributed by atoms with Crippen LogP contribution in [0, 0.1) is 12.8 Å². The van der Waals surface area contributed by atoms with Gasteiger partial charge in [0.2, 0.25) is 0 Å². The average Bonchev–Trinajstić information content (AvgIpc) is 2.99. The van der Waals surface area contributed by atoms with Gasteiger partial charge in [0, 0.05) is 17.3 Å². The molecule has 2 N–H and O–H groups in total. The lowest BCUT2D eigenvalue weighted by Crippen LogP contribution is -2.43. The third kappa shape index (κ3) is 4.44. The molecule has 0 saturated carbocycles. The predicted octanol–water partition coefficient (Wildman–Crippen LogP) is 4.18. The van der Waals surface area contributed by atoms with Crippen LogP contribution in [0.3, 0.4) is 0 Å². The summed E-state index contributed by atoms with van der Waals surface area (Å²) in [5.74, 6) is 0.421. The highest BCUT2D eigenvalue weighted by Crippen LogP contribution is 2.32. The molecule has 3 rings (SSSR count). The summed E-state index contributed by atoms with van der Waals surface area (Å²) >= 11 is 0. The summed E-state index contributed by atoms with van der Waals surface area (Å²) in [6, 6.07) is 4.87. The van der Waals surface area contributed by atoms with Crippen LogP contribution in [-0.4, -0.2) is 31.7 Å². The van der Waals surface area contributed by atoms with Crippen molar-refractivity contribution in [1.29, 1.82) is 0 Å². The van der Waals surface area contributed by atoms with Crippen LogP contribution in [-0.2, 0) is 0 Å². The highest BCUT2D eigenvalue weighted by molar-refractivity contribution is 5.75. The van der Waals surface area contributed by atoms with Crippen LogP contribution in [0.4, 0.5) is 8.78 Å². The summed E-state index contributed by atoms with van der Waals surface area (Å²) in [5.41, 5.74) is 7.56. The minimum atomic E-state index is -2.77. The van der Waals surface area contributed by atoms with Gasteiger partial charge in [-0.3, -0.25) is 0 Å². The molecule has 8 heteroatoms. The van der Waals surface area contributed by atoms with Gasteiger partial charge in [0.1, 0.15) is 18.1 Å². The highest BCUT2D eigenvalue weighted by Gasteiger charge is 2.24. The Morgan fingerprint density at radius 3 is 2.64 bits per heavy atom. The van der Waals surface area contributed by atoms with Crippen molar-refractivity contribution in [1.82, 2.24) is 19.6 Å². The van der Waals surface area contributed by atoms with Crippen molar-refractivity contribution >= 4 is 5.65 Å². The first-order chi connectivity index (χ1) is 13.2. The van der Waals surface area contributed by atoms with Gasteiger partial charge in [-0.05, 0) is 44.4 Å². The fourth-order valence-electron chi connectivity index (χ4n) is 3.34. The zero-order chi connectivity index (χ0) is 20.5. The van der Waals surface area contributed by atoms with Gasteiger partial charge in [-0.2, -0.15) is 5.10 Å². The number of ether oxygens (including phenoxy) is 1. The molecule has 0 amide bonds. The van der Waals surface area contributed by atoms with Gasteiger partial charge in [-0.15, -0.1) is 0 Å². The Morgan fingerprint density at radius 1 is 1.21 bits per heavy atom. The van der Waals surface area contributed by atoms with Crippen LogP contribution in [0.1, 0.15) is 45.0 Å². The first-order valence-electron chi connectivity index (χ1n) is 9.18. The molecule has 0 spiro atoms. The summed E-state index contributed by atoms with van der Waals surface area (Å²) in [4.78, 5) is 8.57. The summed E-state index contributed by atoms with van der Waals surface area (Å²) in [7, 11) is 0. The fraction of sp³-hybridized carbons (Fsp3) is 0.450. The Bertz CT molecular complexity index is 968. The number of pyridine rings is 1. The van der Waals surface area contributed by atoms with Crippen LogP contribution in [0.25, 0.3) is 16.9 Å². The van der Waals surface area contributed by atoms with E-state index in [0.29, 0.717) is 22.8 Å². The van der Waals surface area contributed by atoms with E-state index in [1.54, 1.807) is 29.0 Å². The molecule has 3 aromatic rings. The SMILES string of the molecule is Cc1cn2nccc(-c3ccc(OCC(C)(N)CC(C)C)c(C(F)F)n3)c2n1. The molecular weight excluding hydrogens is 364 g/mol. The second kappa shape index (κ2) is 7.79. The number of fused-ring (bicyclic) bond motifs is 1. The Labute approximate surface area is 162 Å². The normalized spacial score (nSPS) is 14.0. The highest BCUT2D eigenvalue weighted by atomic mass is 19.3. The summed E-state index contributed by atoms with van der Waals surface area (Å²) < 4.78 is 34.6. The minimum Gasteiger partial charge on any atom is -0.490 e. The Morgan fingerprint density at radius 2 is 1.96 bits per heavy atom. The fourth-order valence-corrected chi connectivity index (χ4v) is 3.34. The Kier molecular flexibility index (Phi) is 5.60. The van der Waals surface area contributed by atoms with E-state index in [2.05, 4.69) is 28.9 Å². The number of aromatic nitrogens is 4. The molecule has 150 valence electrons. The van der Waals surface area contributed by atoms with Gasteiger partial charge < -0.3 is 10.5 Å². The number of nitrogens with two attached hydrogens (primary N) is 1. The van der Waals surface area contributed by atoms with Gasteiger partial charge in [0.25, 0.3) is 6.43 Å². The van der Waals surface area contributed by atoms with E-state index in [0.717, 1.165) is 12.1 Å². The molecule has 0 aliphatic heterocycles. The number of aryl methyl sites for hydroxylation is 1. The van der Waals surface area contributed by atoms with E-state index in [4.69, 9.17) is 10.5 Å². The number of hydrogen-bond donors (Lipinski definition) is 1. The maximum absolute atomic E-state index is 13.7.